The second kappa shape index (κ2) is 8.79. The van der Waals surface area contributed by atoms with Crippen LogP contribution in [0.1, 0.15) is 5.56 Å². The van der Waals surface area contributed by atoms with Crippen LogP contribution in [0, 0.1) is 10.1 Å². The van der Waals surface area contributed by atoms with Crippen molar-refractivity contribution in [2.24, 2.45) is 0 Å². The molecule has 0 aliphatic carbocycles. The van der Waals surface area contributed by atoms with Crippen LogP contribution in [0.5, 0.6) is 0 Å². The lowest BCUT2D eigenvalue weighted by molar-refractivity contribution is -0.385. The zero-order valence-electron chi connectivity index (χ0n) is 11.1. The van der Waals surface area contributed by atoms with Gasteiger partial charge in [0.05, 0.1) is 9.40 Å². The van der Waals surface area contributed by atoms with E-state index in [0.717, 1.165) is 38.3 Å². The van der Waals surface area contributed by atoms with Gasteiger partial charge >= 0.3 is 0 Å². The molecule has 1 aliphatic heterocycles. The van der Waals surface area contributed by atoms with E-state index in [-0.39, 0.29) is 35.4 Å². The van der Waals surface area contributed by atoms with Gasteiger partial charge in [-0.1, -0.05) is 6.07 Å². The van der Waals surface area contributed by atoms with Crippen molar-refractivity contribution in [2.75, 3.05) is 33.2 Å². The third kappa shape index (κ3) is 5.18. The second-order valence-electron chi connectivity index (χ2n) is 4.62. The average Bonchev–Trinajstić information content (AvgIpc) is 2.32. The minimum atomic E-state index is -0.371. The molecule has 8 heteroatoms. The van der Waals surface area contributed by atoms with E-state index < -0.39 is 0 Å². The minimum absolute atomic E-state index is 0. The van der Waals surface area contributed by atoms with Crippen molar-refractivity contribution in [3.05, 3.63) is 38.3 Å². The van der Waals surface area contributed by atoms with E-state index >= 15 is 0 Å². The molecule has 0 saturated carbocycles. The Hall–Kier alpha value is -0.400. The Bertz CT molecular complexity index is 454. The van der Waals surface area contributed by atoms with Crippen molar-refractivity contribution in [2.45, 2.75) is 6.54 Å². The molecular weight excluding hydrogens is 369 g/mol. The van der Waals surface area contributed by atoms with Gasteiger partial charge < -0.3 is 4.90 Å². The van der Waals surface area contributed by atoms with Gasteiger partial charge in [-0.25, -0.2) is 0 Å². The Labute approximate surface area is 139 Å². The summed E-state index contributed by atoms with van der Waals surface area (Å²) >= 11 is 3.25. The molecule has 1 fully saturated rings. The molecular formula is C12H18BrCl2N3O2. The number of likely N-dealkylation sites (N-methyl/N-ethyl adjacent to an activating group) is 1. The fraction of sp³-hybridized carbons (Fsp3) is 0.500. The van der Waals surface area contributed by atoms with E-state index in [4.69, 9.17) is 0 Å². The van der Waals surface area contributed by atoms with Crippen LogP contribution in [-0.4, -0.2) is 47.9 Å². The van der Waals surface area contributed by atoms with Gasteiger partial charge in [0.2, 0.25) is 0 Å². The highest BCUT2D eigenvalue weighted by Gasteiger charge is 2.16. The Balaban J connectivity index is 0.00000180. The number of nitro benzene ring substituents is 1. The van der Waals surface area contributed by atoms with E-state index in [1.807, 2.05) is 12.1 Å². The maximum absolute atomic E-state index is 10.7. The summed E-state index contributed by atoms with van der Waals surface area (Å²) in [5.74, 6) is 0. The molecule has 0 atom stereocenters. The van der Waals surface area contributed by atoms with E-state index in [9.17, 15) is 10.1 Å². The van der Waals surface area contributed by atoms with Gasteiger partial charge in [0, 0.05) is 38.8 Å². The minimum Gasteiger partial charge on any atom is -0.304 e. The molecule has 20 heavy (non-hydrogen) atoms. The number of halogens is 3. The summed E-state index contributed by atoms with van der Waals surface area (Å²) in [6, 6.07) is 5.24. The first kappa shape index (κ1) is 19.6. The predicted octanol–water partition coefficient (Wildman–Crippen LogP) is 2.95. The predicted molar refractivity (Wildman–Crippen MR) is 88.1 cm³/mol. The van der Waals surface area contributed by atoms with Crippen LogP contribution in [-0.2, 0) is 6.54 Å². The lowest BCUT2D eigenvalue weighted by Crippen LogP contribution is -2.43. The molecule has 5 nitrogen and oxygen atoms in total. The van der Waals surface area contributed by atoms with Crippen molar-refractivity contribution >= 4 is 46.4 Å². The summed E-state index contributed by atoms with van der Waals surface area (Å²) in [5.41, 5.74) is 1.23. The standard InChI is InChI=1S/C12H16BrN3O2.2ClH/c1-14-4-6-15(7-5-14)9-10-2-3-12(16(17)18)11(13)8-10;;/h2-3,8H,4-7,9H2,1H3;2*1H. The first-order valence-corrected chi connectivity index (χ1v) is 6.69. The summed E-state index contributed by atoms with van der Waals surface area (Å²) in [6.45, 7) is 5.10. The van der Waals surface area contributed by atoms with E-state index in [1.165, 1.54) is 0 Å². The SMILES string of the molecule is CN1CCN(Cc2ccc([N+](=O)[O-])c(Br)c2)CC1.Cl.Cl. The van der Waals surface area contributed by atoms with Crippen LogP contribution in [0.4, 0.5) is 5.69 Å². The second-order valence-corrected chi connectivity index (χ2v) is 5.48. The third-order valence-electron chi connectivity index (χ3n) is 3.21. The zero-order chi connectivity index (χ0) is 13.1. The highest BCUT2D eigenvalue weighted by molar-refractivity contribution is 9.10. The van der Waals surface area contributed by atoms with E-state index in [0.29, 0.717) is 4.47 Å². The molecule has 2 rings (SSSR count). The highest BCUT2D eigenvalue weighted by Crippen LogP contribution is 2.26. The van der Waals surface area contributed by atoms with Gasteiger partial charge in [0.15, 0.2) is 0 Å². The fourth-order valence-electron chi connectivity index (χ4n) is 2.06. The number of hydrogen-bond acceptors (Lipinski definition) is 4. The molecule has 0 amide bonds. The largest absolute Gasteiger partial charge is 0.304 e. The number of benzene rings is 1. The van der Waals surface area contributed by atoms with Gasteiger partial charge in [0.1, 0.15) is 0 Å². The Morgan fingerprint density at radius 1 is 1.25 bits per heavy atom. The molecule has 1 aromatic rings. The third-order valence-corrected chi connectivity index (χ3v) is 3.85. The molecule has 1 heterocycles. The monoisotopic (exact) mass is 385 g/mol. The topological polar surface area (TPSA) is 49.6 Å². The first-order valence-electron chi connectivity index (χ1n) is 5.90. The van der Waals surface area contributed by atoms with Gasteiger partial charge in [0.25, 0.3) is 5.69 Å². The molecule has 1 aromatic carbocycles. The maximum Gasteiger partial charge on any atom is 0.283 e. The quantitative estimate of drug-likeness (QED) is 0.591. The lowest BCUT2D eigenvalue weighted by atomic mass is 10.2. The molecule has 0 radical (unpaired) electrons. The Kier molecular flexibility index (Phi) is 8.62. The molecule has 0 bridgehead atoms. The zero-order valence-corrected chi connectivity index (χ0v) is 14.3. The Morgan fingerprint density at radius 3 is 2.35 bits per heavy atom. The summed E-state index contributed by atoms with van der Waals surface area (Å²) < 4.78 is 0.555. The summed E-state index contributed by atoms with van der Waals surface area (Å²) in [5, 5.41) is 10.7. The molecule has 0 unspecified atom stereocenters. The fourth-order valence-corrected chi connectivity index (χ4v) is 2.63. The van der Waals surface area contributed by atoms with Crippen LogP contribution in [0.2, 0.25) is 0 Å². The smallest absolute Gasteiger partial charge is 0.283 e. The van der Waals surface area contributed by atoms with Crippen molar-refractivity contribution in [1.82, 2.24) is 9.80 Å². The van der Waals surface area contributed by atoms with Crippen molar-refractivity contribution < 1.29 is 4.92 Å². The summed E-state index contributed by atoms with van der Waals surface area (Å²) in [6.07, 6.45) is 0. The van der Waals surface area contributed by atoms with Crippen molar-refractivity contribution in [3.8, 4) is 0 Å². The van der Waals surface area contributed by atoms with Gasteiger partial charge in [-0.2, -0.15) is 0 Å². The van der Waals surface area contributed by atoms with Crippen LogP contribution < -0.4 is 0 Å². The summed E-state index contributed by atoms with van der Waals surface area (Å²) in [4.78, 5) is 15.0. The molecule has 0 N–H and O–H groups in total. The van der Waals surface area contributed by atoms with E-state index in [2.05, 4.69) is 32.8 Å². The van der Waals surface area contributed by atoms with Crippen LogP contribution in [0.15, 0.2) is 22.7 Å². The molecule has 1 aliphatic rings. The number of nitro groups is 1. The van der Waals surface area contributed by atoms with E-state index in [1.54, 1.807) is 6.07 Å². The van der Waals surface area contributed by atoms with Crippen LogP contribution in [0.3, 0.4) is 0 Å². The maximum atomic E-state index is 10.7. The van der Waals surface area contributed by atoms with Crippen molar-refractivity contribution in [1.29, 1.82) is 0 Å². The molecule has 0 spiro atoms. The van der Waals surface area contributed by atoms with Gasteiger partial charge in [-0.15, -0.1) is 24.8 Å². The van der Waals surface area contributed by atoms with Crippen molar-refractivity contribution in [3.63, 3.8) is 0 Å². The average molecular weight is 387 g/mol. The molecule has 114 valence electrons. The van der Waals surface area contributed by atoms with Gasteiger partial charge in [-0.3, -0.25) is 15.0 Å². The lowest BCUT2D eigenvalue weighted by Gasteiger charge is -2.32. The molecule has 0 aromatic heterocycles. The van der Waals surface area contributed by atoms with Crippen LogP contribution in [0.25, 0.3) is 0 Å². The highest BCUT2D eigenvalue weighted by atomic mass is 79.9. The number of hydrogen-bond donors (Lipinski definition) is 0. The Morgan fingerprint density at radius 2 is 1.85 bits per heavy atom. The van der Waals surface area contributed by atoms with Gasteiger partial charge in [-0.05, 0) is 34.6 Å². The molecule has 1 saturated heterocycles. The number of piperazine rings is 1. The number of rotatable bonds is 3. The van der Waals surface area contributed by atoms with Crippen LogP contribution >= 0.6 is 40.7 Å². The summed E-state index contributed by atoms with van der Waals surface area (Å²) in [7, 11) is 2.12. The number of nitrogens with zero attached hydrogens (tertiary/aromatic N) is 3. The normalized spacial score (nSPS) is 16.1. The first-order chi connectivity index (χ1) is 8.56.